The van der Waals surface area contributed by atoms with E-state index in [1.54, 1.807) is 0 Å². The molecule has 0 unspecified atom stereocenters. The molecular weight excluding hydrogens is 518 g/mol. The molecule has 0 atom stereocenters. The summed E-state index contributed by atoms with van der Waals surface area (Å²) < 4.78 is 12.5. The molecule has 0 bridgehead atoms. The molecule has 0 radical (unpaired) electrons. The van der Waals surface area contributed by atoms with Gasteiger partial charge in [0, 0.05) is 44.8 Å². The van der Waals surface area contributed by atoms with Crippen LogP contribution in [0.25, 0.3) is 83.9 Å². The number of aryl methyl sites for hydroxylation is 1. The summed E-state index contributed by atoms with van der Waals surface area (Å²) in [6.45, 7) is 0. The second-order valence-electron chi connectivity index (χ2n) is 10.7. The Morgan fingerprint density at radius 3 is 2.21 bits per heavy atom. The summed E-state index contributed by atoms with van der Waals surface area (Å²) in [5.41, 5.74) is 6.37. The third kappa shape index (κ3) is 3.60. The van der Waals surface area contributed by atoms with Gasteiger partial charge in [0.25, 0.3) is 0 Å². The fourth-order valence-electron chi connectivity index (χ4n) is 6.13. The molecule has 3 aromatic heterocycles. The van der Waals surface area contributed by atoms with Crippen LogP contribution < -0.4 is 0 Å². The molecule has 5 aromatic carbocycles. The number of aromatic nitrogens is 3. The van der Waals surface area contributed by atoms with E-state index in [2.05, 4.69) is 78.9 Å². The molecule has 42 heavy (non-hydrogen) atoms. The minimum atomic E-state index is 0.593. The van der Waals surface area contributed by atoms with Gasteiger partial charge in [0.05, 0.1) is 0 Å². The lowest BCUT2D eigenvalue weighted by Crippen LogP contribution is -2.01. The Labute approximate surface area is 240 Å². The van der Waals surface area contributed by atoms with Crippen LogP contribution in [0.1, 0.15) is 17.7 Å². The van der Waals surface area contributed by atoms with Gasteiger partial charge in [-0.05, 0) is 47.5 Å². The zero-order valence-corrected chi connectivity index (χ0v) is 22.5. The van der Waals surface area contributed by atoms with Gasteiger partial charge in [0.1, 0.15) is 22.5 Å². The lowest BCUT2D eigenvalue weighted by Gasteiger charge is -2.10. The molecule has 5 heteroatoms. The average Bonchev–Trinajstić information content (AvgIpc) is 3.62. The Balaban J connectivity index is 1.29. The van der Waals surface area contributed by atoms with Gasteiger partial charge < -0.3 is 8.83 Å². The van der Waals surface area contributed by atoms with Crippen LogP contribution in [0.15, 0.2) is 118 Å². The minimum Gasteiger partial charge on any atom is -0.460 e. The number of benzene rings is 5. The van der Waals surface area contributed by atoms with Crippen molar-refractivity contribution in [3.05, 3.63) is 121 Å². The molecule has 3 heterocycles. The smallest absolute Gasteiger partial charge is 0.164 e. The maximum atomic E-state index is 6.27. The van der Waals surface area contributed by atoms with Crippen molar-refractivity contribution in [2.45, 2.75) is 12.8 Å². The van der Waals surface area contributed by atoms with E-state index in [0.717, 1.165) is 79.1 Å². The van der Waals surface area contributed by atoms with Gasteiger partial charge >= 0.3 is 0 Å². The van der Waals surface area contributed by atoms with E-state index in [1.165, 1.54) is 5.39 Å². The van der Waals surface area contributed by atoms with Crippen LogP contribution in [0.3, 0.4) is 0 Å². The van der Waals surface area contributed by atoms with Crippen molar-refractivity contribution < 1.29 is 8.83 Å². The van der Waals surface area contributed by atoms with Crippen LogP contribution in [-0.2, 0) is 6.42 Å². The van der Waals surface area contributed by atoms with Crippen molar-refractivity contribution >= 4 is 49.8 Å². The lowest BCUT2D eigenvalue weighted by atomic mass is 9.99. The maximum Gasteiger partial charge on any atom is 0.164 e. The van der Waals surface area contributed by atoms with E-state index in [9.17, 15) is 0 Å². The lowest BCUT2D eigenvalue weighted by molar-refractivity contribution is 0.546. The largest absolute Gasteiger partial charge is 0.460 e. The van der Waals surface area contributed by atoms with Crippen LogP contribution in [-0.4, -0.2) is 15.0 Å². The first-order chi connectivity index (χ1) is 20.8. The first-order valence-electron chi connectivity index (χ1n) is 14.2. The topological polar surface area (TPSA) is 65.0 Å². The Hall–Kier alpha value is -5.55. The fourth-order valence-corrected chi connectivity index (χ4v) is 6.13. The first kappa shape index (κ1) is 23.2. The average molecular weight is 542 g/mol. The highest BCUT2D eigenvalue weighted by atomic mass is 16.3. The molecule has 5 nitrogen and oxygen atoms in total. The van der Waals surface area contributed by atoms with Gasteiger partial charge in [-0.3, -0.25) is 0 Å². The summed E-state index contributed by atoms with van der Waals surface area (Å²) in [5, 5.41) is 5.51. The Kier molecular flexibility index (Phi) is 4.96. The zero-order valence-electron chi connectivity index (χ0n) is 22.5. The Morgan fingerprint density at radius 2 is 1.29 bits per heavy atom. The maximum absolute atomic E-state index is 6.27. The monoisotopic (exact) mass is 541 g/mol. The van der Waals surface area contributed by atoms with Crippen LogP contribution in [0.4, 0.5) is 0 Å². The van der Waals surface area contributed by atoms with Gasteiger partial charge in [0.15, 0.2) is 17.5 Å². The van der Waals surface area contributed by atoms with Crippen molar-refractivity contribution in [1.82, 2.24) is 15.0 Å². The summed E-state index contributed by atoms with van der Waals surface area (Å²) in [7, 11) is 0. The number of allylic oxidation sites excluding steroid dienone is 1. The molecule has 0 amide bonds. The molecule has 1 aliphatic rings. The summed E-state index contributed by atoms with van der Waals surface area (Å²) in [5.74, 6) is 2.84. The van der Waals surface area contributed by atoms with Gasteiger partial charge in [-0.2, -0.15) is 0 Å². The summed E-state index contributed by atoms with van der Waals surface area (Å²) in [6.07, 6.45) is 6.24. The number of nitrogens with zero attached hydrogens (tertiary/aromatic N) is 3. The normalized spacial score (nSPS) is 13.0. The van der Waals surface area contributed by atoms with Crippen molar-refractivity contribution in [2.24, 2.45) is 0 Å². The summed E-state index contributed by atoms with van der Waals surface area (Å²) in [4.78, 5) is 15.2. The van der Waals surface area contributed by atoms with E-state index in [1.807, 2.05) is 36.4 Å². The van der Waals surface area contributed by atoms with Crippen molar-refractivity contribution in [3.8, 4) is 34.2 Å². The number of furan rings is 2. The second kappa shape index (κ2) is 8.98. The third-order valence-electron chi connectivity index (χ3n) is 8.17. The molecular formula is C37H23N3O2. The summed E-state index contributed by atoms with van der Waals surface area (Å²) in [6, 6.07) is 35.1. The van der Waals surface area contributed by atoms with E-state index >= 15 is 0 Å². The first-order valence-corrected chi connectivity index (χ1v) is 14.2. The quantitative estimate of drug-likeness (QED) is 0.223. The molecule has 0 aliphatic heterocycles. The van der Waals surface area contributed by atoms with Crippen LogP contribution in [0.2, 0.25) is 0 Å². The van der Waals surface area contributed by atoms with E-state index in [0.29, 0.717) is 17.5 Å². The highest BCUT2D eigenvalue weighted by Crippen LogP contribution is 2.38. The van der Waals surface area contributed by atoms with Crippen molar-refractivity contribution in [1.29, 1.82) is 0 Å². The van der Waals surface area contributed by atoms with Crippen LogP contribution >= 0.6 is 0 Å². The van der Waals surface area contributed by atoms with Gasteiger partial charge in [-0.25, -0.2) is 15.0 Å². The minimum absolute atomic E-state index is 0.593. The molecule has 0 fully saturated rings. The van der Waals surface area contributed by atoms with E-state index < -0.39 is 0 Å². The molecule has 0 saturated heterocycles. The molecule has 0 spiro atoms. The number of rotatable bonds is 3. The van der Waals surface area contributed by atoms with Gasteiger partial charge in [-0.1, -0.05) is 84.9 Å². The Bertz CT molecular complexity index is 2380. The second-order valence-corrected chi connectivity index (χ2v) is 10.7. The predicted molar refractivity (Wildman–Crippen MR) is 168 cm³/mol. The number of hydrogen-bond acceptors (Lipinski definition) is 5. The highest BCUT2D eigenvalue weighted by molar-refractivity contribution is 6.06. The summed E-state index contributed by atoms with van der Waals surface area (Å²) >= 11 is 0. The molecule has 9 rings (SSSR count). The molecule has 0 N–H and O–H groups in total. The zero-order chi connectivity index (χ0) is 27.6. The molecule has 0 saturated carbocycles. The van der Waals surface area contributed by atoms with Gasteiger partial charge in [-0.15, -0.1) is 0 Å². The molecule has 198 valence electrons. The Morgan fingerprint density at radius 1 is 0.548 bits per heavy atom. The standard InChI is InChI=1S/C37H23N3O2/c1-2-9-23-20-24(17-16-22(23)8-1)35-38-36(25-18-19-27-26-10-3-5-13-30(26)42-33(27)21-25)40-37(39-35)29-12-7-15-32-34(29)28-11-4-6-14-31(28)41-32/h1-5,7-13,15-21H,6,14H2. The number of para-hydroxylation sites is 1. The fraction of sp³-hybridized carbons (Fsp3) is 0.0541. The molecule has 1 aliphatic carbocycles. The van der Waals surface area contributed by atoms with Crippen LogP contribution in [0, 0.1) is 0 Å². The predicted octanol–water partition coefficient (Wildman–Crippen LogP) is 9.63. The van der Waals surface area contributed by atoms with E-state index in [-0.39, 0.29) is 0 Å². The van der Waals surface area contributed by atoms with Gasteiger partial charge in [0.2, 0.25) is 0 Å². The third-order valence-corrected chi connectivity index (χ3v) is 8.17. The van der Waals surface area contributed by atoms with E-state index in [4.69, 9.17) is 23.8 Å². The number of fused-ring (bicyclic) bond motifs is 7. The van der Waals surface area contributed by atoms with Crippen molar-refractivity contribution in [2.75, 3.05) is 0 Å². The van der Waals surface area contributed by atoms with Crippen LogP contribution in [0.5, 0.6) is 0 Å². The SMILES string of the molecule is C1=Cc2c(oc3cccc(-c4nc(-c5ccc6ccccc6c5)nc(-c5ccc6c(c5)oc5ccccc56)n4)c23)CC1. The highest BCUT2D eigenvalue weighted by Gasteiger charge is 2.21. The molecule has 8 aromatic rings. The van der Waals surface area contributed by atoms with Crippen molar-refractivity contribution in [3.63, 3.8) is 0 Å². The number of hydrogen-bond donors (Lipinski definition) is 0.